The van der Waals surface area contributed by atoms with Gasteiger partial charge in [0.2, 0.25) is 5.91 Å². The zero-order valence-corrected chi connectivity index (χ0v) is 17.6. The molecule has 0 radical (unpaired) electrons. The van der Waals surface area contributed by atoms with Gasteiger partial charge in [0.15, 0.2) is 5.16 Å². The summed E-state index contributed by atoms with van der Waals surface area (Å²) in [6.45, 7) is 2.30. The van der Waals surface area contributed by atoms with E-state index in [4.69, 9.17) is 4.74 Å². The lowest BCUT2D eigenvalue weighted by Gasteiger charge is -2.09. The van der Waals surface area contributed by atoms with Crippen LogP contribution in [0.1, 0.15) is 10.8 Å². The van der Waals surface area contributed by atoms with Crippen LogP contribution in [0.25, 0.3) is 15.9 Å². The molecule has 2 aromatic carbocycles. The first-order valence-electron chi connectivity index (χ1n) is 8.94. The van der Waals surface area contributed by atoms with Gasteiger partial charge in [0.25, 0.3) is 0 Å². The number of hydrogen-bond acceptors (Lipinski definition) is 7. The van der Waals surface area contributed by atoms with Crippen LogP contribution in [-0.2, 0) is 11.3 Å². The number of hydrogen-bond donors (Lipinski definition) is 1. The Morgan fingerprint density at radius 3 is 2.72 bits per heavy atom. The average molecular weight is 426 g/mol. The third-order valence-corrected chi connectivity index (χ3v) is 6.20. The monoisotopic (exact) mass is 425 g/mol. The first-order chi connectivity index (χ1) is 14.1. The van der Waals surface area contributed by atoms with Crippen molar-refractivity contribution in [3.63, 3.8) is 0 Å². The molecule has 0 saturated heterocycles. The number of thioether (sulfide) groups is 1. The molecule has 0 aliphatic heterocycles. The highest BCUT2D eigenvalue weighted by Crippen LogP contribution is 2.24. The molecule has 7 nitrogen and oxygen atoms in total. The quantitative estimate of drug-likeness (QED) is 0.456. The van der Waals surface area contributed by atoms with Crippen LogP contribution in [0.3, 0.4) is 0 Å². The number of rotatable bonds is 7. The number of aromatic nitrogens is 4. The Balaban J connectivity index is 1.37. The Bertz CT molecular complexity index is 1100. The Hall–Kier alpha value is -2.91. The van der Waals surface area contributed by atoms with Crippen molar-refractivity contribution in [1.82, 2.24) is 25.1 Å². The number of benzene rings is 2. The lowest BCUT2D eigenvalue weighted by molar-refractivity contribution is -0.118. The third-order valence-electron chi connectivity index (χ3n) is 4.23. The van der Waals surface area contributed by atoms with Crippen molar-refractivity contribution in [2.45, 2.75) is 18.6 Å². The summed E-state index contributed by atoms with van der Waals surface area (Å²) in [5.74, 6) is 1.71. The molecule has 0 fully saturated rings. The van der Waals surface area contributed by atoms with Gasteiger partial charge in [-0.25, -0.2) is 4.98 Å². The Labute approximate surface area is 176 Å². The first kappa shape index (κ1) is 19.4. The van der Waals surface area contributed by atoms with Crippen molar-refractivity contribution in [1.29, 1.82) is 0 Å². The first-order valence-corrected chi connectivity index (χ1v) is 10.7. The lowest BCUT2D eigenvalue weighted by Crippen LogP contribution is -2.24. The standard InChI is InChI=1S/C20H19N5O2S2/c1-13-23-24-20(25(13)14-7-9-15(27-2)10-8-14)28-12-18(26)21-11-19-22-16-5-3-4-6-17(16)29-19/h3-10H,11-12H2,1-2H3,(H,21,26). The summed E-state index contributed by atoms with van der Waals surface area (Å²) in [4.78, 5) is 16.8. The highest BCUT2D eigenvalue weighted by atomic mass is 32.2. The maximum Gasteiger partial charge on any atom is 0.230 e. The molecule has 0 unspecified atom stereocenters. The summed E-state index contributed by atoms with van der Waals surface area (Å²) in [6.07, 6.45) is 0. The van der Waals surface area contributed by atoms with Crippen molar-refractivity contribution < 1.29 is 9.53 Å². The number of nitrogens with one attached hydrogen (secondary N) is 1. The van der Waals surface area contributed by atoms with E-state index in [0.29, 0.717) is 11.7 Å². The molecule has 0 spiro atoms. The van der Waals surface area contributed by atoms with Crippen molar-refractivity contribution >= 4 is 39.2 Å². The number of ether oxygens (including phenoxy) is 1. The fourth-order valence-corrected chi connectivity index (χ4v) is 4.55. The number of fused-ring (bicyclic) bond motifs is 1. The molecule has 29 heavy (non-hydrogen) atoms. The minimum absolute atomic E-state index is 0.0730. The second kappa shape index (κ2) is 8.62. The number of thiazole rings is 1. The number of carbonyl (C=O) groups is 1. The van der Waals surface area contributed by atoms with Crippen LogP contribution < -0.4 is 10.1 Å². The molecule has 9 heteroatoms. The van der Waals surface area contributed by atoms with E-state index in [1.165, 1.54) is 11.8 Å². The zero-order valence-electron chi connectivity index (χ0n) is 16.0. The van der Waals surface area contributed by atoms with Crippen LogP contribution in [0.15, 0.2) is 53.7 Å². The summed E-state index contributed by atoms with van der Waals surface area (Å²) in [5.41, 5.74) is 1.88. The van der Waals surface area contributed by atoms with Gasteiger partial charge < -0.3 is 10.1 Å². The number of nitrogens with zero attached hydrogens (tertiary/aromatic N) is 4. The molecular formula is C20H19N5O2S2. The Morgan fingerprint density at radius 2 is 1.97 bits per heavy atom. The molecule has 2 aromatic heterocycles. The van der Waals surface area contributed by atoms with Crippen molar-refractivity contribution in [2.75, 3.05) is 12.9 Å². The van der Waals surface area contributed by atoms with E-state index in [1.54, 1.807) is 18.4 Å². The summed E-state index contributed by atoms with van der Waals surface area (Å²) < 4.78 is 8.25. The molecule has 0 saturated carbocycles. The smallest absolute Gasteiger partial charge is 0.230 e. The highest BCUT2D eigenvalue weighted by Gasteiger charge is 2.14. The van der Waals surface area contributed by atoms with Crippen LogP contribution >= 0.6 is 23.1 Å². The average Bonchev–Trinajstić information content (AvgIpc) is 3.33. The third kappa shape index (κ3) is 4.41. The second-order valence-electron chi connectivity index (χ2n) is 6.20. The maximum atomic E-state index is 12.3. The normalized spacial score (nSPS) is 11.0. The van der Waals surface area contributed by atoms with E-state index in [9.17, 15) is 4.79 Å². The van der Waals surface area contributed by atoms with E-state index >= 15 is 0 Å². The number of carbonyl (C=O) groups excluding carboxylic acids is 1. The van der Waals surface area contributed by atoms with Gasteiger partial charge >= 0.3 is 0 Å². The Kier molecular flexibility index (Phi) is 5.77. The zero-order chi connectivity index (χ0) is 20.2. The van der Waals surface area contributed by atoms with Gasteiger partial charge in [-0.2, -0.15) is 0 Å². The van der Waals surface area contributed by atoms with Gasteiger partial charge in [-0.3, -0.25) is 9.36 Å². The molecule has 2 heterocycles. The molecule has 1 amide bonds. The highest BCUT2D eigenvalue weighted by molar-refractivity contribution is 7.99. The minimum Gasteiger partial charge on any atom is -0.497 e. The molecular weight excluding hydrogens is 406 g/mol. The molecule has 0 aliphatic carbocycles. The molecule has 0 bridgehead atoms. The molecule has 1 N–H and O–H groups in total. The Morgan fingerprint density at radius 1 is 1.17 bits per heavy atom. The van der Waals surface area contributed by atoms with Crippen molar-refractivity contribution in [3.8, 4) is 11.4 Å². The molecule has 0 atom stereocenters. The number of methoxy groups -OCH3 is 1. The van der Waals surface area contributed by atoms with Crippen LogP contribution in [0.4, 0.5) is 0 Å². The molecule has 0 aliphatic rings. The predicted molar refractivity (Wildman–Crippen MR) is 115 cm³/mol. The van der Waals surface area contributed by atoms with E-state index in [-0.39, 0.29) is 11.7 Å². The van der Waals surface area contributed by atoms with Crippen LogP contribution in [0.5, 0.6) is 5.75 Å². The minimum atomic E-state index is -0.0730. The SMILES string of the molecule is COc1ccc(-n2c(C)nnc2SCC(=O)NCc2nc3ccccc3s2)cc1. The molecule has 4 aromatic rings. The van der Waals surface area contributed by atoms with E-state index in [0.717, 1.165) is 32.5 Å². The van der Waals surface area contributed by atoms with Gasteiger partial charge in [-0.1, -0.05) is 23.9 Å². The van der Waals surface area contributed by atoms with Gasteiger partial charge in [0, 0.05) is 5.69 Å². The fourth-order valence-electron chi connectivity index (χ4n) is 2.82. The lowest BCUT2D eigenvalue weighted by atomic mass is 10.3. The van der Waals surface area contributed by atoms with E-state index in [2.05, 4.69) is 20.5 Å². The second-order valence-corrected chi connectivity index (χ2v) is 8.26. The van der Waals surface area contributed by atoms with Crippen LogP contribution in [-0.4, -0.2) is 38.5 Å². The van der Waals surface area contributed by atoms with E-state index < -0.39 is 0 Å². The van der Waals surface area contributed by atoms with Gasteiger partial charge in [-0.15, -0.1) is 21.5 Å². The van der Waals surface area contributed by atoms with Gasteiger partial charge in [-0.05, 0) is 43.3 Å². The summed E-state index contributed by atoms with van der Waals surface area (Å²) in [6, 6.07) is 15.6. The van der Waals surface area contributed by atoms with Crippen molar-refractivity contribution in [3.05, 3.63) is 59.4 Å². The summed E-state index contributed by atoms with van der Waals surface area (Å²) in [7, 11) is 1.63. The molecule has 4 rings (SSSR count). The van der Waals surface area contributed by atoms with Gasteiger partial charge in [0.1, 0.15) is 16.6 Å². The van der Waals surface area contributed by atoms with Crippen LogP contribution in [0.2, 0.25) is 0 Å². The fraction of sp³-hybridized carbons (Fsp3) is 0.200. The van der Waals surface area contributed by atoms with Crippen molar-refractivity contribution in [2.24, 2.45) is 0 Å². The summed E-state index contributed by atoms with van der Waals surface area (Å²) in [5, 5.41) is 12.8. The van der Waals surface area contributed by atoms with E-state index in [1.807, 2.05) is 60.0 Å². The summed E-state index contributed by atoms with van der Waals surface area (Å²) >= 11 is 2.94. The predicted octanol–water partition coefficient (Wildman–Crippen LogP) is 3.60. The van der Waals surface area contributed by atoms with Gasteiger partial charge in [0.05, 0.1) is 29.6 Å². The number of para-hydroxylation sites is 1. The van der Waals surface area contributed by atoms with Crippen LogP contribution in [0, 0.1) is 6.92 Å². The maximum absolute atomic E-state index is 12.3. The largest absolute Gasteiger partial charge is 0.497 e. The topological polar surface area (TPSA) is 81.9 Å². The number of aryl methyl sites for hydroxylation is 1. The number of amides is 1. The molecule has 148 valence electrons.